The quantitative estimate of drug-likeness (QED) is 0.296. The van der Waals surface area contributed by atoms with Crippen LogP contribution in [0.3, 0.4) is 0 Å². The van der Waals surface area contributed by atoms with E-state index in [-0.39, 0.29) is 0 Å². The molecule has 0 saturated heterocycles. The summed E-state index contributed by atoms with van der Waals surface area (Å²) in [6.07, 6.45) is 15.3. The minimum Gasteiger partial charge on any atom is -0.294 e. The normalized spacial score (nSPS) is 10.7. The van der Waals surface area contributed by atoms with Gasteiger partial charge in [-0.3, -0.25) is 4.79 Å². The molecule has 0 radical (unpaired) electrons. The lowest BCUT2D eigenvalue weighted by molar-refractivity contribution is 0.0979. The van der Waals surface area contributed by atoms with Gasteiger partial charge in [0.25, 0.3) is 0 Å². The van der Waals surface area contributed by atoms with Crippen molar-refractivity contribution in [2.75, 3.05) is 0 Å². The van der Waals surface area contributed by atoms with Crippen LogP contribution in [0.15, 0.2) is 30.3 Å². The Hall–Kier alpha value is -1.11. The maximum Gasteiger partial charge on any atom is 0.162 e. The number of ketones is 1. The van der Waals surface area contributed by atoms with Crippen molar-refractivity contribution in [3.8, 4) is 0 Å². The SMILES string of the molecule is CCCCCCCCCCCCCC(=O)c1ccccc1. The second-order valence-corrected chi connectivity index (χ2v) is 6.07. The largest absolute Gasteiger partial charge is 0.294 e. The van der Waals surface area contributed by atoms with E-state index in [1.54, 1.807) is 0 Å². The Kier molecular flexibility index (Phi) is 10.8. The molecule has 21 heavy (non-hydrogen) atoms. The first kappa shape index (κ1) is 17.9. The third kappa shape index (κ3) is 9.44. The number of benzene rings is 1. The summed E-state index contributed by atoms with van der Waals surface area (Å²) >= 11 is 0. The molecule has 0 spiro atoms. The summed E-state index contributed by atoms with van der Waals surface area (Å²) in [7, 11) is 0. The lowest BCUT2D eigenvalue weighted by atomic mass is 10.0. The molecule has 0 heterocycles. The Bertz CT molecular complexity index is 355. The van der Waals surface area contributed by atoms with Gasteiger partial charge in [-0.15, -0.1) is 0 Å². The maximum absolute atomic E-state index is 11.9. The molecule has 1 nitrogen and oxygen atoms in total. The smallest absolute Gasteiger partial charge is 0.162 e. The molecular formula is C20H32O. The van der Waals surface area contributed by atoms with Gasteiger partial charge in [-0.25, -0.2) is 0 Å². The van der Waals surface area contributed by atoms with E-state index in [0.29, 0.717) is 12.2 Å². The van der Waals surface area contributed by atoms with E-state index in [4.69, 9.17) is 0 Å². The van der Waals surface area contributed by atoms with Crippen LogP contribution in [0.5, 0.6) is 0 Å². The lowest BCUT2D eigenvalue weighted by Crippen LogP contribution is -1.98. The fourth-order valence-electron chi connectivity index (χ4n) is 2.72. The summed E-state index contributed by atoms with van der Waals surface area (Å²) in [5.41, 5.74) is 0.865. The highest BCUT2D eigenvalue weighted by atomic mass is 16.1. The molecule has 0 bridgehead atoms. The number of hydrogen-bond acceptors (Lipinski definition) is 1. The first-order valence-corrected chi connectivity index (χ1v) is 8.93. The van der Waals surface area contributed by atoms with Crippen LogP contribution in [0, 0.1) is 0 Å². The molecule has 0 atom stereocenters. The van der Waals surface area contributed by atoms with Crippen LogP contribution in [-0.2, 0) is 0 Å². The summed E-state index contributed by atoms with van der Waals surface area (Å²) < 4.78 is 0. The first-order chi connectivity index (χ1) is 10.3. The molecule has 0 aliphatic carbocycles. The van der Waals surface area contributed by atoms with E-state index in [0.717, 1.165) is 12.0 Å². The molecule has 1 rings (SSSR count). The zero-order valence-corrected chi connectivity index (χ0v) is 13.8. The summed E-state index contributed by atoms with van der Waals surface area (Å²) in [6, 6.07) is 9.67. The Morgan fingerprint density at radius 2 is 1.19 bits per heavy atom. The Balaban J connectivity index is 1.88. The number of Topliss-reactive ketones (excluding diaryl/α,β-unsaturated/α-hetero) is 1. The molecule has 0 amide bonds. The van der Waals surface area contributed by atoms with Crippen LogP contribution in [0.1, 0.15) is 94.3 Å². The van der Waals surface area contributed by atoms with Crippen molar-refractivity contribution in [3.05, 3.63) is 35.9 Å². The minimum absolute atomic E-state index is 0.298. The van der Waals surface area contributed by atoms with Gasteiger partial charge in [0.1, 0.15) is 0 Å². The van der Waals surface area contributed by atoms with Gasteiger partial charge in [0.05, 0.1) is 0 Å². The highest BCUT2D eigenvalue weighted by molar-refractivity contribution is 5.95. The maximum atomic E-state index is 11.9. The monoisotopic (exact) mass is 288 g/mol. The number of hydrogen-bond donors (Lipinski definition) is 0. The highest BCUT2D eigenvalue weighted by Crippen LogP contribution is 2.13. The molecule has 118 valence electrons. The van der Waals surface area contributed by atoms with Gasteiger partial charge in [-0.2, -0.15) is 0 Å². The summed E-state index contributed by atoms with van der Waals surface area (Å²) in [4.78, 5) is 11.9. The average Bonchev–Trinajstić information content (AvgIpc) is 2.53. The number of carbonyl (C=O) groups is 1. The van der Waals surface area contributed by atoms with Crippen molar-refractivity contribution in [2.24, 2.45) is 0 Å². The van der Waals surface area contributed by atoms with Crippen molar-refractivity contribution in [2.45, 2.75) is 84.0 Å². The fraction of sp³-hybridized carbons (Fsp3) is 0.650. The van der Waals surface area contributed by atoms with Gasteiger partial charge in [0.2, 0.25) is 0 Å². The Morgan fingerprint density at radius 3 is 1.71 bits per heavy atom. The third-order valence-electron chi connectivity index (χ3n) is 4.10. The minimum atomic E-state index is 0.298. The van der Waals surface area contributed by atoms with Crippen molar-refractivity contribution in [3.63, 3.8) is 0 Å². The molecule has 1 aromatic carbocycles. The van der Waals surface area contributed by atoms with Crippen molar-refractivity contribution in [1.82, 2.24) is 0 Å². The second-order valence-electron chi connectivity index (χ2n) is 6.07. The van der Waals surface area contributed by atoms with Crippen molar-refractivity contribution >= 4 is 5.78 Å². The van der Waals surface area contributed by atoms with Crippen molar-refractivity contribution in [1.29, 1.82) is 0 Å². The number of rotatable bonds is 13. The summed E-state index contributed by atoms with van der Waals surface area (Å²) in [5, 5.41) is 0. The van der Waals surface area contributed by atoms with E-state index in [1.807, 2.05) is 30.3 Å². The van der Waals surface area contributed by atoms with Crippen molar-refractivity contribution < 1.29 is 4.79 Å². The molecule has 0 aliphatic heterocycles. The number of carbonyl (C=O) groups excluding carboxylic acids is 1. The summed E-state index contributed by atoms with van der Waals surface area (Å²) in [6.45, 7) is 2.27. The van der Waals surface area contributed by atoms with Gasteiger partial charge in [0, 0.05) is 12.0 Å². The van der Waals surface area contributed by atoms with E-state index in [2.05, 4.69) is 6.92 Å². The number of unbranched alkanes of at least 4 members (excludes halogenated alkanes) is 10. The van der Waals surface area contributed by atoms with E-state index < -0.39 is 0 Å². The fourth-order valence-corrected chi connectivity index (χ4v) is 2.72. The van der Waals surface area contributed by atoms with Gasteiger partial charge < -0.3 is 0 Å². The van der Waals surface area contributed by atoms with E-state index >= 15 is 0 Å². The van der Waals surface area contributed by atoms with Gasteiger partial charge >= 0.3 is 0 Å². The Labute approximate surface area is 131 Å². The topological polar surface area (TPSA) is 17.1 Å². The Morgan fingerprint density at radius 1 is 0.714 bits per heavy atom. The molecule has 0 fully saturated rings. The highest BCUT2D eigenvalue weighted by Gasteiger charge is 2.03. The van der Waals surface area contributed by atoms with Gasteiger partial charge in [-0.05, 0) is 6.42 Å². The van der Waals surface area contributed by atoms with Gasteiger partial charge in [-0.1, -0.05) is 101 Å². The molecular weight excluding hydrogens is 256 g/mol. The van der Waals surface area contributed by atoms with Crippen LogP contribution >= 0.6 is 0 Å². The van der Waals surface area contributed by atoms with E-state index in [1.165, 1.54) is 64.2 Å². The van der Waals surface area contributed by atoms with Crippen LogP contribution in [0.2, 0.25) is 0 Å². The third-order valence-corrected chi connectivity index (χ3v) is 4.10. The van der Waals surface area contributed by atoms with E-state index in [9.17, 15) is 4.79 Å². The van der Waals surface area contributed by atoms with Crippen LogP contribution in [-0.4, -0.2) is 5.78 Å². The van der Waals surface area contributed by atoms with Crippen LogP contribution in [0.4, 0.5) is 0 Å². The molecule has 1 aromatic rings. The predicted octanol–water partition coefficient (Wildman–Crippen LogP) is 6.57. The molecule has 0 saturated carbocycles. The standard InChI is InChI=1S/C20H32O/c1-2-3-4-5-6-7-8-9-10-11-15-18-20(21)19-16-13-12-14-17-19/h12-14,16-17H,2-11,15,18H2,1H3. The molecule has 0 aliphatic rings. The first-order valence-electron chi connectivity index (χ1n) is 8.93. The zero-order chi connectivity index (χ0) is 15.2. The summed E-state index contributed by atoms with van der Waals surface area (Å²) in [5.74, 6) is 0.298. The zero-order valence-electron chi connectivity index (χ0n) is 13.8. The van der Waals surface area contributed by atoms with Gasteiger partial charge in [0.15, 0.2) is 5.78 Å². The molecule has 0 N–H and O–H groups in total. The van der Waals surface area contributed by atoms with Crippen LogP contribution < -0.4 is 0 Å². The molecule has 0 aromatic heterocycles. The predicted molar refractivity (Wildman–Crippen MR) is 91.9 cm³/mol. The lowest BCUT2D eigenvalue weighted by Gasteiger charge is -2.03. The van der Waals surface area contributed by atoms with Crippen LogP contribution in [0.25, 0.3) is 0 Å². The average molecular weight is 288 g/mol. The molecule has 0 unspecified atom stereocenters. The second kappa shape index (κ2) is 12.6. The molecule has 1 heteroatoms.